The Morgan fingerprint density at radius 1 is 1.64 bits per heavy atom. The summed E-state index contributed by atoms with van der Waals surface area (Å²) < 4.78 is 0. The largest absolute Gasteiger partial charge is 0.345 e. The lowest BCUT2D eigenvalue weighted by Crippen LogP contribution is -1.64. The van der Waals surface area contributed by atoms with Crippen LogP contribution in [0.3, 0.4) is 0 Å². The van der Waals surface area contributed by atoms with Crippen LogP contribution in [0.4, 0.5) is 11.5 Å². The predicted octanol–water partition coefficient (Wildman–Crippen LogP) is 2.38. The summed E-state index contributed by atoms with van der Waals surface area (Å²) in [5, 5.41) is 0. The fourth-order valence-corrected chi connectivity index (χ4v) is 0.927. The number of aliphatic imine (C=N–C) groups is 2. The number of aromatic amines is 1. The summed E-state index contributed by atoms with van der Waals surface area (Å²) in [5.41, 5.74) is 1.91. The summed E-state index contributed by atoms with van der Waals surface area (Å²) in [5.74, 6) is 0.778. The van der Waals surface area contributed by atoms with Crippen LogP contribution in [-0.4, -0.2) is 17.9 Å². The third-order valence-electron chi connectivity index (χ3n) is 1.44. The van der Waals surface area contributed by atoms with E-state index in [-0.39, 0.29) is 0 Å². The standard InChI is InChI=1S/C8H11N3/c1-4-10-8-7(9-3)6(2)5-11-8/h4-5,11H,3H2,1-2H3/b10-4-. The number of hydrogen-bond acceptors (Lipinski definition) is 2. The number of rotatable bonds is 2. The molecular weight excluding hydrogens is 138 g/mol. The van der Waals surface area contributed by atoms with E-state index in [1.807, 2.05) is 20.0 Å². The van der Waals surface area contributed by atoms with Gasteiger partial charge in [0.05, 0.1) is 0 Å². The van der Waals surface area contributed by atoms with Gasteiger partial charge in [0.1, 0.15) is 5.69 Å². The molecule has 0 aromatic carbocycles. The van der Waals surface area contributed by atoms with E-state index in [4.69, 9.17) is 0 Å². The van der Waals surface area contributed by atoms with Crippen LogP contribution in [0.5, 0.6) is 0 Å². The van der Waals surface area contributed by atoms with Crippen LogP contribution in [0.15, 0.2) is 16.2 Å². The van der Waals surface area contributed by atoms with E-state index in [9.17, 15) is 0 Å². The SMILES string of the molecule is C=Nc1c(C)c[nH]c1/N=C\C. The molecule has 0 aliphatic rings. The van der Waals surface area contributed by atoms with Gasteiger partial charge in [-0.2, -0.15) is 0 Å². The molecule has 0 radical (unpaired) electrons. The van der Waals surface area contributed by atoms with Crippen LogP contribution < -0.4 is 0 Å². The van der Waals surface area contributed by atoms with Crippen molar-refractivity contribution < 1.29 is 0 Å². The molecule has 3 nitrogen and oxygen atoms in total. The molecule has 0 saturated carbocycles. The van der Waals surface area contributed by atoms with E-state index in [1.54, 1.807) is 6.21 Å². The molecule has 1 rings (SSSR count). The number of H-pyrrole nitrogens is 1. The van der Waals surface area contributed by atoms with Gasteiger partial charge in [-0.25, -0.2) is 4.99 Å². The molecule has 1 aromatic heterocycles. The molecular formula is C8H11N3. The molecule has 1 heterocycles. The maximum Gasteiger partial charge on any atom is 0.155 e. The number of aryl methyl sites for hydroxylation is 1. The molecule has 0 spiro atoms. The van der Waals surface area contributed by atoms with Crippen molar-refractivity contribution in [1.29, 1.82) is 0 Å². The van der Waals surface area contributed by atoms with Crippen molar-refractivity contribution in [3.05, 3.63) is 11.8 Å². The van der Waals surface area contributed by atoms with Crippen LogP contribution in [0, 0.1) is 6.92 Å². The molecule has 1 N–H and O–H groups in total. The number of nitrogens with one attached hydrogen (secondary N) is 1. The van der Waals surface area contributed by atoms with E-state index in [0.717, 1.165) is 17.1 Å². The molecule has 0 atom stereocenters. The monoisotopic (exact) mass is 149 g/mol. The van der Waals surface area contributed by atoms with Crippen LogP contribution in [0.1, 0.15) is 12.5 Å². The zero-order valence-electron chi connectivity index (χ0n) is 6.76. The Balaban J connectivity index is 3.15. The van der Waals surface area contributed by atoms with Gasteiger partial charge in [0.2, 0.25) is 0 Å². The number of hydrogen-bond donors (Lipinski definition) is 1. The van der Waals surface area contributed by atoms with E-state index in [1.165, 1.54) is 0 Å². The minimum atomic E-state index is 0.778. The van der Waals surface area contributed by atoms with Crippen LogP contribution >= 0.6 is 0 Å². The average Bonchev–Trinajstić information content (AvgIpc) is 2.33. The molecule has 0 bridgehead atoms. The van der Waals surface area contributed by atoms with Gasteiger partial charge in [-0.15, -0.1) is 0 Å². The van der Waals surface area contributed by atoms with Gasteiger partial charge in [0, 0.05) is 12.4 Å². The summed E-state index contributed by atoms with van der Waals surface area (Å²) in [6.45, 7) is 7.29. The van der Waals surface area contributed by atoms with Crippen LogP contribution in [-0.2, 0) is 0 Å². The number of nitrogens with zero attached hydrogens (tertiary/aromatic N) is 2. The highest BCUT2D eigenvalue weighted by molar-refractivity contribution is 5.70. The second-order valence-electron chi connectivity index (χ2n) is 2.21. The first-order valence-electron chi connectivity index (χ1n) is 3.43. The Bertz CT molecular complexity index is 284. The smallest absolute Gasteiger partial charge is 0.155 e. The third-order valence-corrected chi connectivity index (χ3v) is 1.44. The van der Waals surface area contributed by atoms with Gasteiger partial charge in [0.25, 0.3) is 0 Å². The zero-order chi connectivity index (χ0) is 8.27. The Kier molecular flexibility index (Phi) is 2.21. The van der Waals surface area contributed by atoms with Crippen LogP contribution in [0.2, 0.25) is 0 Å². The van der Waals surface area contributed by atoms with E-state index in [0.29, 0.717) is 0 Å². The average molecular weight is 149 g/mol. The highest BCUT2D eigenvalue weighted by atomic mass is 14.9. The Morgan fingerprint density at radius 3 is 2.91 bits per heavy atom. The molecule has 0 saturated heterocycles. The molecule has 58 valence electrons. The first kappa shape index (κ1) is 7.72. The maximum atomic E-state index is 4.08. The Hall–Kier alpha value is -1.38. The Labute approximate surface area is 65.9 Å². The molecule has 11 heavy (non-hydrogen) atoms. The summed E-state index contributed by atoms with van der Waals surface area (Å²) in [7, 11) is 0. The highest BCUT2D eigenvalue weighted by Gasteiger charge is 2.02. The predicted molar refractivity (Wildman–Crippen MR) is 48.6 cm³/mol. The lowest BCUT2D eigenvalue weighted by molar-refractivity contribution is 1.33. The second-order valence-corrected chi connectivity index (χ2v) is 2.21. The van der Waals surface area contributed by atoms with Crippen LogP contribution in [0.25, 0.3) is 0 Å². The minimum absolute atomic E-state index is 0.778. The Morgan fingerprint density at radius 2 is 2.36 bits per heavy atom. The molecule has 3 heteroatoms. The molecule has 0 unspecified atom stereocenters. The summed E-state index contributed by atoms with van der Waals surface area (Å²) in [4.78, 5) is 10.9. The lowest BCUT2D eigenvalue weighted by Gasteiger charge is -1.90. The van der Waals surface area contributed by atoms with Crippen molar-refractivity contribution in [2.45, 2.75) is 13.8 Å². The minimum Gasteiger partial charge on any atom is -0.345 e. The topological polar surface area (TPSA) is 40.5 Å². The van der Waals surface area contributed by atoms with Crippen molar-refractivity contribution in [2.75, 3.05) is 0 Å². The lowest BCUT2D eigenvalue weighted by atomic mass is 10.3. The molecule has 0 amide bonds. The highest BCUT2D eigenvalue weighted by Crippen LogP contribution is 2.29. The first-order chi connectivity index (χ1) is 5.29. The van der Waals surface area contributed by atoms with Gasteiger partial charge in [-0.3, -0.25) is 4.99 Å². The number of aromatic nitrogens is 1. The quantitative estimate of drug-likeness (QED) is 0.627. The van der Waals surface area contributed by atoms with E-state index in [2.05, 4.69) is 21.7 Å². The summed E-state index contributed by atoms with van der Waals surface area (Å²) >= 11 is 0. The second kappa shape index (κ2) is 3.14. The molecule has 0 fully saturated rings. The molecule has 0 aliphatic heterocycles. The summed E-state index contributed by atoms with van der Waals surface area (Å²) in [6, 6.07) is 0. The van der Waals surface area contributed by atoms with Crippen molar-refractivity contribution in [2.24, 2.45) is 9.98 Å². The zero-order valence-corrected chi connectivity index (χ0v) is 6.76. The van der Waals surface area contributed by atoms with E-state index >= 15 is 0 Å². The van der Waals surface area contributed by atoms with Crippen molar-refractivity contribution >= 4 is 24.4 Å². The van der Waals surface area contributed by atoms with Crippen molar-refractivity contribution in [3.63, 3.8) is 0 Å². The van der Waals surface area contributed by atoms with Gasteiger partial charge in [-0.1, -0.05) is 0 Å². The van der Waals surface area contributed by atoms with Crippen molar-refractivity contribution in [1.82, 2.24) is 4.98 Å². The van der Waals surface area contributed by atoms with Gasteiger partial charge in [0.15, 0.2) is 5.82 Å². The van der Waals surface area contributed by atoms with Gasteiger partial charge >= 0.3 is 0 Å². The fraction of sp³-hybridized carbons (Fsp3) is 0.250. The fourth-order valence-electron chi connectivity index (χ4n) is 0.927. The molecule has 1 aromatic rings. The first-order valence-corrected chi connectivity index (χ1v) is 3.43. The van der Waals surface area contributed by atoms with Gasteiger partial charge in [-0.05, 0) is 26.1 Å². The van der Waals surface area contributed by atoms with Crippen molar-refractivity contribution in [3.8, 4) is 0 Å². The normalized spacial score (nSPS) is 10.7. The van der Waals surface area contributed by atoms with Gasteiger partial charge < -0.3 is 4.98 Å². The summed E-state index contributed by atoms with van der Waals surface area (Å²) in [6.07, 6.45) is 3.59. The maximum absolute atomic E-state index is 4.08. The van der Waals surface area contributed by atoms with E-state index < -0.39 is 0 Å². The molecule has 0 aliphatic carbocycles. The third kappa shape index (κ3) is 1.37.